The van der Waals surface area contributed by atoms with Crippen LogP contribution in [0.1, 0.15) is 20.8 Å². The van der Waals surface area contributed by atoms with Crippen LogP contribution in [0, 0.1) is 5.95 Å². The van der Waals surface area contributed by atoms with E-state index in [-0.39, 0.29) is 0 Å². The molecule has 0 aliphatic rings. The lowest BCUT2D eigenvalue weighted by Crippen LogP contribution is -2.27. The highest BCUT2D eigenvalue weighted by Crippen LogP contribution is 2.29. The number of nitrogens with one attached hydrogen (secondary N) is 1. The Hall–Kier alpha value is -2.61. The minimum Gasteiger partial charge on any atom is -0.444 e. The molecule has 1 N–H and O–H groups in total. The summed E-state index contributed by atoms with van der Waals surface area (Å²) in [5.41, 5.74) is 0.191. The van der Waals surface area contributed by atoms with Crippen molar-refractivity contribution in [3.8, 4) is 10.6 Å². The molecule has 0 aliphatic carbocycles. The van der Waals surface area contributed by atoms with E-state index >= 15 is 0 Å². The first-order valence-corrected chi connectivity index (χ1v) is 8.01. The van der Waals surface area contributed by atoms with E-state index in [4.69, 9.17) is 4.74 Å². The predicted molar refractivity (Wildman–Crippen MR) is 90.5 cm³/mol. The zero-order valence-corrected chi connectivity index (χ0v) is 14.1. The molecule has 0 radical (unpaired) electrons. The number of ether oxygens (including phenoxy) is 1. The van der Waals surface area contributed by atoms with Crippen molar-refractivity contribution in [3.63, 3.8) is 0 Å². The molecule has 8 heteroatoms. The van der Waals surface area contributed by atoms with Crippen LogP contribution in [0.25, 0.3) is 21.3 Å². The van der Waals surface area contributed by atoms with Gasteiger partial charge >= 0.3 is 6.09 Å². The molecule has 3 rings (SSSR count). The van der Waals surface area contributed by atoms with E-state index in [2.05, 4.69) is 20.5 Å². The van der Waals surface area contributed by atoms with E-state index in [1.807, 2.05) is 12.1 Å². The standard InChI is InChI=1S/C16H15FN4O2S/c1-16(2,3)23-15(22)19-14-21-20-13(24-14)9-4-5-10-8-18-12(17)7-11(10)6-9/h4-8H,1-3H3,(H,19,21,22). The number of halogens is 1. The first-order valence-electron chi connectivity index (χ1n) is 7.19. The molecule has 3 aromatic rings. The first kappa shape index (κ1) is 16.3. The van der Waals surface area contributed by atoms with Crippen molar-refractivity contribution >= 4 is 33.3 Å². The van der Waals surface area contributed by atoms with Crippen LogP contribution < -0.4 is 5.32 Å². The Labute approximate surface area is 141 Å². The molecule has 0 atom stereocenters. The molecule has 0 aliphatic heterocycles. The Kier molecular flexibility index (Phi) is 4.15. The SMILES string of the molecule is CC(C)(C)OC(=O)Nc1nnc(-c2ccc3cnc(F)cc3c2)s1. The Morgan fingerprint density at radius 2 is 2.00 bits per heavy atom. The summed E-state index contributed by atoms with van der Waals surface area (Å²) in [5.74, 6) is -0.538. The maximum atomic E-state index is 13.3. The number of anilines is 1. The molecule has 124 valence electrons. The quantitative estimate of drug-likeness (QED) is 0.702. The van der Waals surface area contributed by atoms with Crippen molar-refractivity contribution in [2.75, 3.05) is 5.32 Å². The molecule has 2 heterocycles. The molecule has 0 saturated heterocycles. The number of fused-ring (bicyclic) bond motifs is 1. The van der Waals surface area contributed by atoms with E-state index in [9.17, 15) is 9.18 Å². The third kappa shape index (κ3) is 3.83. The molecular weight excluding hydrogens is 331 g/mol. The minimum atomic E-state index is -0.589. The third-order valence-corrected chi connectivity index (χ3v) is 3.86. The number of benzene rings is 1. The molecule has 2 aromatic heterocycles. The molecule has 1 amide bonds. The number of amides is 1. The van der Waals surface area contributed by atoms with Crippen LogP contribution in [0.3, 0.4) is 0 Å². The van der Waals surface area contributed by atoms with Gasteiger partial charge in [0, 0.05) is 23.2 Å². The van der Waals surface area contributed by atoms with Crippen LogP contribution >= 0.6 is 11.3 Å². The van der Waals surface area contributed by atoms with Gasteiger partial charge in [-0.2, -0.15) is 4.39 Å². The largest absolute Gasteiger partial charge is 0.444 e. The summed E-state index contributed by atoms with van der Waals surface area (Å²) in [6, 6.07) is 6.84. The van der Waals surface area contributed by atoms with Gasteiger partial charge in [0.25, 0.3) is 0 Å². The van der Waals surface area contributed by atoms with Crippen molar-refractivity contribution in [3.05, 3.63) is 36.4 Å². The fourth-order valence-corrected chi connectivity index (χ4v) is 2.75. The number of hydrogen-bond acceptors (Lipinski definition) is 6. The lowest BCUT2D eigenvalue weighted by molar-refractivity contribution is 0.0636. The Morgan fingerprint density at radius 3 is 2.75 bits per heavy atom. The van der Waals surface area contributed by atoms with E-state index in [0.29, 0.717) is 10.1 Å². The lowest BCUT2D eigenvalue weighted by atomic mass is 10.1. The maximum Gasteiger partial charge on any atom is 0.414 e. The molecule has 0 saturated carbocycles. The van der Waals surface area contributed by atoms with Crippen molar-refractivity contribution in [2.45, 2.75) is 26.4 Å². The number of hydrogen-bond donors (Lipinski definition) is 1. The summed E-state index contributed by atoms with van der Waals surface area (Å²) in [5, 5.41) is 13.0. The summed E-state index contributed by atoms with van der Waals surface area (Å²) in [4.78, 5) is 15.4. The summed E-state index contributed by atoms with van der Waals surface area (Å²) in [6.07, 6.45) is 0.890. The number of pyridine rings is 1. The Bertz CT molecular complexity index is 904. The van der Waals surface area contributed by atoms with Gasteiger partial charge in [-0.25, -0.2) is 9.78 Å². The second-order valence-electron chi connectivity index (χ2n) is 6.11. The van der Waals surface area contributed by atoms with Crippen LogP contribution in [0.5, 0.6) is 0 Å². The summed E-state index contributed by atoms with van der Waals surface area (Å²) in [7, 11) is 0. The summed E-state index contributed by atoms with van der Waals surface area (Å²) >= 11 is 1.21. The van der Waals surface area contributed by atoms with Crippen molar-refractivity contribution in [1.29, 1.82) is 0 Å². The molecular formula is C16H15FN4O2S. The van der Waals surface area contributed by atoms with Crippen LogP contribution in [0.4, 0.5) is 14.3 Å². The van der Waals surface area contributed by atoms with Gasteiger partial charge in [0.1, 0.15) is 10.6 Å². The number of nitrogens with zero attached hydrogens (tertiary/aromatic N) is 3. The Morgan fingerprint density at radius 1 is 1.21 bits per heavy atom. The summed E-state index contributed by atoms with van der Waals surface area (Å²) in [6.45, 7) is 5.34. The molecule has 24 heavy (non-hydrogen) atoms. The van der Waals surface area contributed by atoms with Crippen LogP contribution in [0.2, 0.25) is 0 Å². The highest BCUT2D eigenvalue weighted by molar-refractivity contribution is 7.18. The normalized spacial score (nSPS) is 11.5. The average molecular weight is 346 g/mol. The van der Waals surface area contributed by atoms with E-state index < -0.39 is 17.6 Å². The van der Waals surface area contributed by atoms with Gasteiger partial charge in [-0.15, -0.1) is 10.2 Å². The van der Waals surface area contributed by atoms with Gasteiger partial charge in [0.2, 0.25) is 11.1 Å². The van der Waals surface area contributed by atoms with Crippen LogP contribution in [-0.4, -0.2) is 26.9 Å². The van der Waals surface area contributed by atoms with E-state index in [1.54, 1.807) is 26.8 Å². The van der Waals surface area contributed by atoms with Gasteiger partial charge < -0.3 is 4.74 Å². The first-order chi connectivity index (χ1) is 11.3. The zero-order valence-electron chi connectivity index (χ0n) is 13.3. The molecule has 0 spiro atoms. The Balaban J connectivity index is 1.81. The van der Waals surface area contributed by atoms with Gasteiger partial charge in [0.05, 0.1) is 0 Å². The van der Waals surface area contributed by atoms with Crippen molar-refractivity contribution < 1.29 is 13.9 Å². The highest BCUT2D eigenvalue weighted by Gasteiger charge is 2.18. The van der Waals surface area contributed by atoms with Gasteiger partial charge in [-0.05, 0) is 32.2 Å². The maximum absolute atomic E-state index is 13.3. The number of rotatable bonds is 2. The second-order valence-corrected chi connectivity index (χ2v) is 7.09. The molecule has 0 unspecified atom stereocenters. The molecule has 1 aromatic carbocycles. The third-order valence-electron chi connectivity index (χ3n) is 2.97. The fourth-order valence-electron chi connectivity index (χ4n) is 2.03. The van der Waals surface area contributed by atoms with Crippen LogP contribution in [-0.2, 0) is 4.74 Å². The number of carbonyl (C=O) groups excluding carboxylic acids is 1. The zero-order chi connectivity index (χ0) is 17.3. The van der Waals surface area contributed by atoms with E-state index in [1.165, 1.54) is 23.6 Å². The van der Waals surface area contributed by atoms with E-state index in [0.717, 1.165) is 16.3 Å². The topological polar surface area (TPSA) is 77.0 Å². The summed E-state index contributed by atoms with van der Waals surface area (Å²) < 4.78 is 18.4. The lowest BCUT2D eigenvalue weighted by Gasteiger charge is -2.18. The fraction of sp³-hybridized carbons (Fsp3) is 0.250. The minimum absolute atomic E-state index is 0.334. The highest BCUT2D eigenvalue weighted by atomic mass is 32.1. The van der Waals surface area contributed by atoms with Gasteiger partial charge in [-0.3, -0.25) is 5.32 Å². The number of carbonyl (C=O) groups is 1. The molecule has 0 fully saturated rings. The van der Waals surface area contributed by atoms with Gasteiger partial charge in [-0.1, -0.05) is 23.5 Å². The number of aromatic nitrogens is 3. The van der Waals surface area contributed by atoms with Crippen LogP contribution in [0.15, 0.2) is 30.5 Å². The second kappa shape index (κ2) is 6.12. The van der Waals surface area contributed by atoms with Gasteiger partial charge in [0.15, 0.2) is 0 Å². The predicted octanol–water partition coefficient (Wildman–Crippen LogP) is 4.24. The average Bonchev–Trinajstić information content (AvgIpc) is 2.92. The monoisotopic (exact) mass is 346 g/mol. The smallest absolute Gasteiger partial charge is 0.414 e. The molecule has 6 nitrogen and oxygen atoms in total. The molecule has 0 bridgehead atoms. The van der Waals surface area contributed by atoms with Crippen molar-refractivity contribution in [2.24, 2.45) is 0 Å². The van der Waals surface area contributed by atoms with Crippen molar-refractivity contribution in [1.82, 2.24) is 15.2 Å².